The molecule has 1 aromatic carbocycles. The number of nitrogens with one attached hydrogen (secondary N) is 2. The van der Waals surface area contributed by atoms with Crippen molar-refractivity contribution in [2.75, 3.05) is 30.4 Å². The minimum atomic E-state index is -1.64. The number of carbonyl (C=O) groups is 1. The number of rotatable bonds is 4. The molecule has 0 unspecified atom stereocenters. The summed E-state index contributed by atoms with van der Waals surface area (Å²) in [4.78, 5) is 33.9. The Balaban J connectivity index is 1.54. The Morgan fingerprint density at radius 3 is 2.70 bits per heavy atom. The first-order chi connectivity index (χ1) is 15.8. The molecule has 8 nitrogen and oxygen atoms in total. The molecule has 2 aliphatic rings. The summed E-state index contributed by atoms with van der Waals surface area (Å²) in [5.41, 5.74) is 3.06. The number of amides is 1. The number of H-pyrrole nitrogens is 1. The molecule has 4 heterocycles. The van der Waals surface area contributed by atoms with E-state index in [-0.39, 0.29) is 36.6 Å². The van der Waals surface area contributed by atoms with Crippen molar-refractivity contribution in [1.82, 2.24) is 9.97 Å². The molecule has 0 bridgehead atoms. The van der Waals surface area contributed by atoms with Gasteiger partial charge < -0.3 is 24.7 Å². The Hall–Kier alpha value is -3.53. The molecule has 2 aliphatic heterocycles. The van der Waals surface area contributed by atoms with Gasteiger partial charge in [-0.05, 0) is 24.6 Å². The lowest BCUT2D eigenvalue weighted by Crippen LogP contribution is -2.26. The molecular formula is C23H22F2N4O4. The highest BCUT2D eigenvalue weighted by atomic mass is 19.2. The van der Waals surface area contributed by atoms with Crippen LogP contribution in [0.2, 0.25) is 0 Å². The standard InChI is InChI=1S/C23H22F2N4O4/c1-11-3-20(30)28-21-14(11)5-13(6-19(21)32-2)26-23(31)15-4-12-9-33-10-18(12)27-22(15)29-7-16(24)17(25)8-29/h3-6,16-17H,7-10H2,1-2H3,(H,26,31)(H,28,30)/t16-,17+. The van der Waals surface area contributed by atoms with Crippen LogP contribution in [0.1, 0.15) is 27.2 Å². The van der Waals surface area contributed by atoms with Crippen LogP contribution in [-0.4, -0.2) is 48.4 Å². The number of aromatic nitrogens is 2. The molecule has 0 aliphatic carbocycles. The fourth-order valence-corrected chi connectivity index (χ4v) is 4.32. The second-order valence-electron chi connectivity index (χ2n) is 8.27. The van der Waals surface area contributed by atoms with Gasteiger partial charge in [-0.1, -0.05) is 0 Å². The molecule has 2 aromatic heterocycles. The molecule has 3 aromatic rings. The number of aryl methyl sites for hydroxylation is 1. The topological polar surface area (TPSA) is 96.5 Å². The number of ether oxygens (including phenoxy) is 2. The lowest BCUT2D eigenvalue weighted by molar-refractivity contribution is 0.102. The number of carbonyl (C=O) groups excluding carboxylic acids is 1. The zero-order chi connectivity index (χ0) is 23.3. The minimum absolute atomic E-state index is 0.176. The summed E-state index contributed by atoms with van der Waals surface area (Å²) in [7, 11) is 1.47. The van der Waals surface area contributed by atoms with Crippen LogP contribution in [0.5, 0.6) is 5.75 Å². The highest BCUT2D eigenvalue weighted by molar-refractivity contribution is 6.09. The number of hydrogen-bond donors (Lipinski definition) is 2. The monoisotopic (exact) mass is 456 g/mol. The van der Waals surface area contributed by atoms with Gasteiger partial charge >= 0.3 is 0 Å². The van der Waals surface area contributed by atoms with Crippen molar-refractivity contribution in [2.24, 2.45) is 0 Å². The summed E-state index contributed by atoms with van der Waals surface area (Å²) in [6.45, 7) is 2.04. The predicted octanol–water partition coefficient (Wildman–Crippen LogP) is 3.02. The van der Waals surface area contributed by atoms with Crippen molar-refractivity contribution in [2.45, 2.75) is 32.5 Å². The summed E-state index contributed by atoms with van der Waals surface area (Å²) in [6.07, 6.45) is -3.27. The van der Waals surface area contributed by atoms with Gasteiger partial charge in [0.15, 0.2) is 12.3 Å². The number of methoxy groups -OCH3 is 1. The van der Waals surface area contributed by atoms with Gasteiger partial charge in [-0.3, -0.25) is 9.59 Å². The van der Waals surface area contributed by atoms with Crippen LogP contribution in [0.15, 0.2) is 29.1 Å². The largest absolute Gasteiger partial charge is 0.494 e. The number of aromatic amines is 1. The van der Waals surface area contributed by atoms with Crippen molar-refractivity contribution in [1.29, 1.82) is 0 Å². The van der Waals surface area contributed by atoms with E-state index in [2.05, 4.69) is 15.3 Å². The molecule has 1 fully saturated rings. The van der Waals surface area contributed by atoms with Crippen molar-refractivity contribution in [3.63, 3.8) is 0 Å². The number of pyridine rings is 2. The van der Waals surface area contributed by atoms with Crippen molar-refractivity contribution >= 4 is 28.3 Å². The average molecular weight is 456 g/mol. The van der Waals surface area contributed by atoms with E-state index in [1.165, 1.54) is 18.1 Å². The Kier molecular flexibility index (Phi) is 5.24. The van der Waals surface area contributed by atoms with E-state index < -0.39 is 18.3 Å². The van der Waals surface area contributed by atoms with Gasteiger partial charge in [-0.2, -0.15) is 0 Å². The quantitative estimate of drug-likeness (QED) is 0.627. The lowest BCUT2D eigenvalue weighted by atomic mass is 10.1. The van der Waals surface area contributed by atoms with E-state index in [0.717, 1.165) is 11.1 Å². The molecule has 0 saturated carbocycles. The molecule has 2 N–H and O–H groups in total. The van der Waals surface area contributed by atoms with E-state index in [1.807, 2.05) is 0 Å². The third-order valence-electron chi connectivity index (χ3n) is 5.99. The summed E-state index contributed by atoms with van der Waals surface area (Å²) in [6, 6.07) is 6.46. The van der Waals surface area contributed by atoms with Crippen LogP contribution in [-0.2, 0) is 18.0 Å². The van der Waals surface area contributed by atoms with Gasteiger partial charge in [-0.15, -0.1) is 0 Å². The smallest absolute Gasteiger partial charge is 0.259 e. The molecule has 0 spiro atoms. The number of hydrogen-bond acceptors (Lipinski definition) is 6. The van der Waals surface area contributed by atoms with Crippen LogP contribution in [0.25, 0.3) is 10.9 Å². The second-order valence-corrected chi connectivity index (χ2v) is 8.27. The third kappa shape index (κ3) is 3.80. The number of fused-ring (bicyclic) bond motifs is 2. The fraction of sp³-hybridized carbons (Fsp3) is 0.348. The molecule has 1 saturated heterocycles. The van der Waals surface area contributed by atoms with Crippen LogP contribution >= 0.6 is 0 Å². The van der Waals surface area contributed by atoms with Gasteiger partial charge in [0, 0.05) is 28.8 Å². The highest BCUT2D eigenvalue weighted by Gasteiger charge is 2.36. The normalized spacial score (nSPS) is 19.7. The number of anilines is 2. The first-order valence-electron chi connectivity index (χ1n) is 10.5. The van der Waals surface area contributed by atoms with Gasteiger partial charge in [-0.25, -0.2) is 13.8 Å². The summed E-state index contributed by atoms with van der Waals surface area (Å²) in [5.74, 6) is 0.144. The fourth-order valence-electron chi connectivity index (χ4n) is 4.32. The van der Waals surface area contributed by atoms with Crippen LogP contribution in [0.3, 0.4) is 0 Å². The predicted molar refractivity (Wildman–Crippen MR) is 119 cm³/mol. The number of nitrogens with zero attached hydrogens (tertiary/aromatic N) is 2. The van der Waals surface area contributed by atoms with Crippen molar-refractivity contribution in [3.8, 4) is 5.75 Å². The maximum atomic E-state index is 13.9. The maximum absolute atomic E-state index is 13.9. The Labute approximate surface area is 187 Å². The van der Waals surface area contributed by atoms with Crippen LogP contribution < -0.4 is 20.5 Å². The zero-order valence-corrected chi connectivity index (χ0v) is 18.1. The van der Waals surface area contributed by atoms with Crippen molar-refractivity contribution in [3.05, 3.63) is 57.0 Å². The molecule has 33 heavy (non-hydrogen) atoms. The third-order valence-corrected chi connectivity index (χ3v) is 5.99. The van der Waals surface area contributed by atoms with Gasteiger partial charge in [0.1, 0.15) is 11.6 Å². The summed E-state index contributed by atoms with van der Waals surface area (Å²) >= 11 is 0. The Bertz CT molecular complexity index is 1320. The van der Waals surface area contributed by atoms with E-state index in [0.29, 0.717) is 34.6 Å². The molecule has 172 valence electrons. The number of benzene rings is 1. The van der Waals surface area contributed by atoms with E-state index in [4.69, 9.17) is 9.47 Å². The van der Waals surface area contributed by atoms with Gasteiger partial charge in [0.2, 0.25) is 5.56 Å². The molecule has 1 amide bonds. The maximum Gasteiger partial charge on any atom is 0.259 e. The van der Waals surface area contributed by atoms with Crippen molar-refractivity contribution < 1.29 is 23.0 Å². The van der Waals surface area contributed by atoms with E-state index in [9.17, 15) is 18.4 Å². The first-order valence-corrected chi connectivity index (χ1v) is 10.5. The molecule has 0 radical (unpaired) electrons. The lowest BCUT2D eigenvalue weighted by Gasteiger charge is -2.21. The SMILES string of the molecule is COc1cc(NC(=O)c2cc3c(nc2N2C[C@@H](F)[C@@H](F)C2)COC3)cc2c(C)cc(=O)[nH]c12. The van der Waals surface area contributed by atoms with E-state index >= 15 is 0 Å². The number of halogens is 2. The number of alkyl halides is 2. The average Bonchev–Trinajstić information content (AvgIpc) is 3.38. The van der Waals surface area contributed by atoms with Gasteiger partial charge in [0.25, 0.3) is 5.91 Å². The summed E-state index contributed by atoms with van der Waals surface area (Å²) < 4.78 is 38.6. The van der Waals surface area contributed by atoms with Gasteiger partial charge in [0.05, 0.1) is 50.2 Å². The minimum Gasteiger partial charge on any atom is -0.494 e. The molecule has 5 rings (SSSR count). The van der Waals surface area contributed by atoms with E-state index in [1.54, 1.807) is 25.1 Å². The molecule has 10 heteroatoms. The first kappa shape index (κ1) is 21.3. The second kappa shape index (κ2) is 8.11. The highest BCUT2D eigenvalue weighted by Crippen LogP contribution is 2.33. The zero-order valence-electron chi connectivity index (χ0n) is 18.1. The molecular weight excluding hydrogens is 434 g/mol. The Morgan fingerprint density at radius 2 is 1.97 bits per heavy atom. The van der Waals surface area contributed by atoms with Crippen LogP contribution in [0, 0.1) is 6.92 Å². The Morgan fingerprint density at radius 1 is 1.21 bits per heavy atom. The molecule has 2 atom stereocenters. The summed E-state index contributed by atoms with van der Waals surface area (Å²) in [5, 5.41) is 3.55. The van der Waals surface area contributed by atoms with Crippen LogP contribution in [0.4, 0.5) is 20.3 Å².